The second-order valence-corrected chi connectivity index (χ2v) is 5.81. The predicted octanol–water partition coefficient (Wildman–Crippen LogP) is 2.19. The fourth-order valence-corrected chi connectivity index (χ4v) is 2.09. The first-order valence-electron chi connectivity index (χ1n) is 6.59. The average molecular weight is 281 g/mol. The molecule has 1 aromatic heterocycles. The lowest BCUT2D eigenvalue weighted by Crippen LogP contribution is -2.35. The van der Waals surface area contributed by atoms with Gasteiger partial charge in [0.05, 0.1) is 11.7 Å². The van der Waals surface area contributed by atoms with Gasteiger partial charge in [0.15, 0.2) is 0 Å². The molecule has 20 heavy (non-hydrogen) atoms. The van der Waals surface area contributed by atoms with Crippen molar-refractivity contribution in [3.05, 3.63) is 17.0 Å². The topological polar surface area (TPSA) is 73.2 Å². The molecule has 0 saturated carbocycles. The number of amides is 1. The third-order valence-electron chi connectivity index (χ3n) is 2.94. The molecule has 112 valence electrons. The first-order chi connectivity index (χ1) is 9.15. The van der Waals surface area contributed by atoms with Gasteiger partial charge in [-0.3, -0.25) is 4.68 Å². The zero-order chi connectivity index (χ0) is 15.5. The van der Waals surface area contributed by atoms with Crippen LogP contribution in [0.1, 0.15) is 50.2 Å². The molecule has 1 amide bonds. The van der Waals surface area contributed by atoms with E-state index in [1.807, 2.05) is 20.9 Å². The molecule has 1 atom stereocenters. The summed E-state index contributed by atoms with van der Waals surface area (Å²) in [7, 11) is 1.83. The van der Waals surface area contributed by atoms with Gasteiger partial charge >= 0.3 is 6.09 Å². The van der Waals surface area contributed by atoms with Gasteiger partial charge in [0.2, 0.25) is 0 Å². The average Bonchev–Trinajstić information content (AvgIpc) is 2.50. The Morgan fingerprint density at radius 3 is 2.45 bits per heavy atom. The Balaban J connectivity index is 2.95. The summed E-state index contributed by atoms with van der Waals surface area (Å²) in [5.74, 6) is 0. The SMILES string of the molecule is Cc1nn(C)c(C)c1[C@@H](CC=O)NC(=O)OC(C)(C)C. The molecule has 0 aliphatic rings. The van der Waals surface area contributed by atoms with Crippen molar-refractivity contribution in [3.63, 3.8) is 0 Å². The minimum Gasteiger partial charge on any atom is -0.444 e. The lowest BCUT2D eigenvalue weighted by molar-refractivity contribution is -0.108. The van der Waals surface area contributed by atoms with E-state index < -0.39 is 17.7 Å². The fourth-order valence-electron chi connectivity index (χ4n) is 2.09. The maximum atomic E-state index is 11.9. The van der Waals surface area contributed by atoms with E-state index >= 15 is 0 Å². The van der Waals surface area contributed by atoms with Crippen LogP contribution in [0.15, 0.2) is 0 Å². The number of hydrogen-bond donors (Lipinski definition) is 1. The maximum absolute atomic E-state index is 11.9. The number of aldehydes is 1. The summed E-state index contributed by atoms with van der Waals surface area (Å²) in [6, 6.07) is -0.420. The summed E-state index contributed by atoms with van der Waals surface area (Å²) in [5, 5.41) is 7.04. The molecule has 0 unspecified atom stereocenters. The van der Waals surface area contributed by atoms with E-state index in [-0.39, 0.29) is 6.42 Å². The lowest BCUT2D eigenvalue weighted by atomic mass is 10.0. The van der Waals surface area contributed by atoms with Gasteiger partial charge in [-0.05, 0) is 34.6 Å². The molecule has 6 nitrogen and oxygen atoms in total. The smallest absolute Gasteiger partial charge is 0.408 e. The highest BCUT2D eigenvalue weighted by molar-refractivity contribution is 5.69. The minimum absolute atomic E-state index is 0.187. The van der Waals surface area contributed by atoms with Gasteiger partial charge < -0.3 is 14.8 Å². The zero-order valence-electron chi connectivity index (χ0n) is 13.0. The Labute approximate surface area is 119 Å². The summed E-state index contributed by atoms with van der Waals surface area (Å²) in [5.41, 5.74) is 2.01. The Hall–Kier alpha value is -1.85. The fraction of sp³-hybridized carbons (Fsp3) is 0.643. The van der Waals surface area contributed by atoms with Crippen molar-refractivity contribution < 1.29 is 14.3 Å². The first kappa shape index (κ1) is 16.2. The largest absolute Gasteiger partial charge is 0.444 e. The standard InChI is InChI=1S/C14H23N3O3/c1-9-12(10(2)17(6)16-9)11(7-8-18)15-13(19)20-14(3,4)5/h8,11H,7H2,1-6H3,(H,15,19)/t11-/m1/s1. The Kier molecular flexibility index (Phi) is 4.92. The van der Waals surface area contributed by atoms with Crippen molar-refractivity contribution >= 4 is 12.4 Å². The van der Waals surface area contributed by atoms with Crippen LogP contribution in [0.3, 0.4) is 0 Å². The predicted molar refractivity (Wildman–Crippen MR) is 75.5 cm³/mol. The molecular weight excluding hydrogens is 258 g/mol. The molecule has 1 heterocycles. The van der Waals surface area contributed by atoms with Gasteiger partial charge in [-0.1, -0.05) is 0 Å². The quantitative estimate of drug-likeness (QED) is 0.859. The van der Waals surface area contributed by atoms with Crippen LogP contribution in [0.25, 0.3) is 0 Å². The molecule has 0 saturated heterocycles. The molecule has 0 aliphatic carbocycles. The number of carbonyl (C=O) groups excluding carboxylic acids is 2. The van der Waals surface area contributed by atoms with Crippen molar-refractivity contribution in [2.75, 3.05) is 0 Å². The van der Waals surface area contributed by atoms with E-state index in [0.717, 1.165) is 23.2 Å². The van der Waals surface area contributed by atoms with Crippen LogP contribution in [0, 0.1) is 13.8 Å². The van der Waals surface area contributed by atoms with E-state index in [9.17, 15) is 9.59 Å². The highest BCUT2D eigenvalue weighted by Gasteiger charge is 2.24. The summed E-state index contributed by atoms with van der Waals surface area (Å²) in [6.07, 6.45) is 0.438. The van der Waals surface area contributed by atoms with E-state index in [1.54, 1.807) is 25.5 Å². The number of alkyl carbamates (subject to hydrolysis) is 1. The summed E-state index contributed by atoms with van der Waals surface area (Å²) < 4.78 is 6.96. The van der Waals surface area contributed by atoms with Crippen LogP contribution in [0.4, 0.5) is 4.79 Å². The summed E-state index contributed by atoms with van der Waals surface area (Å²) >= 11 is 0. The van der Waals surface area contributed by atoms with E-state index in [0.29, 0.717) is 0 Å². The summed E-state index contributed by atoms with van der Waals surface area (Å²) in [4.78, 5) is 22.7. The van der Waals surface area contributed by atoms with E-state index in [4.69, 9.17) is 4.74 Å². The number of aromatic nitrogens is 2. The molecule has 0 bridgehead atoms. The van der Waals surface area contributed by atoms with Crippen LogP contribution in [-0.4, -0.2) is 27.8 Å². The van der Waals surface area contributed by atoms with E-state index in [1.165, 1.54) is 0 Å². The normalized spacial score (nSPS) is 12.9. The Morgan fingerprint density at radius 2 is 2.05 bits per heavy atom. The Bertz CT molecular complexity index is 500. The molecule has 1 rings (SSSR count). The highest BCUT2D eigenvalue weighted by Crippen LogP contribution is 2.23. The van der Waals surface area contributed by atoms with Gasteiger partial charge in [-0.25, -0.2) is 4.79 Å². The number of nitrogens with zero attached hydrogens (tertiary/aromatic N) is 2. The molecule has 6 heteroatoms. The lowest BCUT2D eigenvalue weighted by Gasteiger charge is -2.23. The highest BCUT2D eigenvalue weighted by atomic mass is 16.6. The van der Waals surface area contributed by atoms with Gasteiger partial charge in [0, 0.05) is 24.7 Å². The summed E-state index contributed by atoms with van der Waals surface area (Å²) in [6.45, 7) is 9.15. The number of rotatable bonds is 4. The third kappa shape index (κ3) is 4.08. The second-order valence-electron chi connectivity index (χ2n) is 5.81. The van der Waals surface area contributed by atoms with Crippen molar-refractivity contribution in [1.29, 1.82) is 0 Å². The molecule has 0 aliphatic heterocycles. The molecule has 0 radical (unpaired) electrons. The van der Waals surface area contributed by atoms with Crippen LogP contribution in [-0.2, 0) is 16.6 Å². The number of carbonyl (C=O) groups is 2. The van der Waals surface area contributed by atoms with Crippen LogP contribution in [0.5, 0.6) is 0 Å². The number of ether oxygens (including phenoxy) is 1. The van der Waals surface area contributed by atoms with Gasteiger partial charge in [0.1, 0.15) is 11.9 Å². The first-order valence-corrected chi connectivity index (χ1v) is 6.59. The van der Waals surface area contributed by atoms with Crippen molar-refractivity contribution in [3.8, 4) is 0 Å². The number of hydrogen-bond acceptors (Lipinski definition) is 4. The van der Waals surface area contributed by atoms with Crippen LogP contribution >= 0.6 is 0 Å². The molecule has 0 aromatic carbocycles. The zero-order valence-corrected chi connectivity index (χ0v) is 13.0. The Morgan fingerprint density at radius 1 is 1.45 bits per heavy atom. The van der Waals surface area contributed by atoms with Gasteiger partial charge in [-0.15, -0.1) is 0 Å². The monoisotopic (exact) mass is 281 g/mol. The van der Waals surface area contributed by atoms with Crippen LogP contribution < -0.4 is 5.32 Å². The van der Waals surface area contributed by atoms with Crippen LogP contribution in [0.2, 0.25) is 0 Å². The molecule has 1 N–H and O–H groups in total. The van der Waals surface area contributed by atoms with Crippen molar-refractivity contribution in [2.24, 2.45) is 7.05 Å². The van der Waals surface area contributed by atoms with Gasteiger partial charge in [0.25, 0.3) is 0 Å². The minimum atomic E-state index is -0.575. The van der Waals surface area contributed by atoms with E-state index in [2.05, 4.69) is 10.4 Å². The molecule has 0 fully saturated rings. The number of aryl methyl sites for hydroxylation is 2. The number of nitrogens with one attached hydrogen (secondary N) is 1. The molecule has 1 aromatic rings. The molecular formula is C14H23N3O3. The van der Waals surface area contributed by atoms with Crippen molar-refractivity contribution in [1.82, 2.24) is 15.1 Å². The second kappa shape index (κ2) is 6.07. The van der Waals surface area contributed by atoms with Gasteiger partial charge in [-0.2, -0.15) is 5.10 Å². The maximum Gasteiger partial charge on any atom is 0.408 e. The molecule has 0 spiro atoms. The van der Waals surface area contributed by atoms with Crippen molar-refractivity contribution in [2.45, 2.75) is 52.7 Å². The third-order valence-corrected chi connectivity index (χ3v) is 2.94.